The molecule has 3 aromatic rings. The summed E-state index contributed by atoms with van der Waals surface area (Å²) in [6, 6.07) is 6.23. The van der Waals surface area contributed by atoms with Crippen LogP contribution in [0.3, 0.4) is 0 Å². The fourth-order valence-corrected chi connectivity index (χ4v) is 3.45. The van der Waals surface area contributed by atoms with E-state index in [0.29, 0.717) is 32.2 Å². The fourth-order valence-electron chi connectivity index (χ4n) is 3.45. The standard InChI is InChI=1S/C21H17F5N4O/c1-29-6-8-30(9-7-29)20(31)12-2-5-16-17(10-12)27-18(19(28-16)21(24,25)26)14-4-3-13(22)11-15(14)23/h2-5,10-11H,6-9H2,1H3. The highest BCUT2D eigenvalue weighted by molar-refractivity contribution is 5.97. The van der Waals surface area contributed by atoms with Gasteiger partial charge in [0.05, 0.1) is 11.0 Å². The number of carbonyl (C=O) groups excluding carboxylic acids is 1. The number of fused-ring (bicyclic) bond motifs is 1. The Morgan fingerprint density at radius 2 is 1.65 bits per heavy atom. The number of benzene rings is 2. The summed E-state index contributed by atoms with van der Waals surface area (Å²) in [6.07, 6.45) is -4.91. The third kappa shape index (κ3) is 4.20. The summed E-state index contributed by atoms with van der Waals surface area (Å²) in [5, 5.41) is 0. The van der Waals surface area contributed by atoms with Crippen molar-refractivity contribution in [3.05, 3.63) is 59.3 Å². The van der Waals surface area contributed by atoms with E-state index in [9.17, 15) is 26.7 Å². The second-order valence-electron chi connectivity index (χ2n) is 7.34. The topological polar surface area (TPSA) is 49.3 Å². The Kier molecular flexibility index (Phi) is 5.34. The molecule has 1 saturated heterocycles. The van der Waals surface area contributed by atoms with Gasteiger partial charge in [-0.1, -0.05) is 0 Å². The molecule has 5 nitrogen and oxygen atoms in total. The number of amides is 1. The first-order valence-electron chi connectivity index (χ1n) is 9.46. The first-order chi connectivity index (χ1) is 14.6. The van der Waals surface area contributed by atoms with Crippen molar-refractivity contribution in [2.75, 3.05) is 33.2 Å². The number of likely N-dealkylation sites (N-methyl/N-ethyl adjacent to an activating group) is 1. The van der Waals surface area contributed by atoms with Crippen LogP contribution < -0.4 is 0 Å². The smallest absolute Gasteiger partial charge is 0.336 e. The molecular weight excluding hydrogens is 419 g/mol. The summed E-state index contributed by atoms with van der Waals surface area (Å²) in [5.74, 6) is -2.39. The zero-order chi connectivity index (χ0) is 22.3. The van der Waals surface area contributed by atoms with Gasteiger partial charge in [0.15, 0.2) is 5.69 Å². The van der Waals surface area contributed by atoms with Crippen LogP contribution in [-0.4, -0.2) is 58.9 Å². The van der Waals surface area contributed by atoms with Gasteiger partial charge >= 0.3 is 6.18 Å². The number of hydrogen-bond donors (Lipinski definition) is 0. The molecule has 0 atom stereocenters. The van der Waals surface area contributed by atoms with E-state index in [4.69, 9.17) is 0 Å². The van der Waals surface area contributed by atoms with Crippen LogP contribution >= 0.6 is 0 Å². The summed E-state index contributed by atoms with van der Waals surface area (Å²) >= 11 is 0. The molecule has 31 heavy (non-hydrogen) atoms. The molecule has 0 unspecified atom stereocenters. The van der Waals surface area contributed by atoms with E-state index in [1.54, 1.807) is 4.90 Å². The molecule has 0 bridgehead atoms. The summed E-state index contributed by atoms with van der Waals surface area (Å²) < 4.78 is 68.3. The molecule has 0 radical (unpaired) electrons. The second kappa shape index (κ2) is 7.84. The summed E-state index contributed by atoms with van der Waals surface area (Å²) in [5.41, 5.74) is -2.51. The Balaban J connectivity index is 1.81. The van der Waals surface area contributed by atoms with E-state index in [2.05, 4.69) is 14.9 Å². The molecule has 2 aromatic carbocycles. The third-order valence-corrected chi connectivity index (χ3v) is 5.16. The zero-order valence-electron chi connectivity index (χ0n) is 16.4. The Bertz CT molecular complexity index is 1160. The van der Waals surface area contributed by atoms with Gasteiger partial charge in [-0.05, 0) is 37.4 Å². The van der Waals surface area contributed by atoms with Crippen molar-refractivity contribution in [3.8, 4) is 11.3 Å². The van der Waals surface area contributed by atoms with E-state index in [0.717, 1.165) is 12.1 Å². The molecule has 0 spiro atoms. The Morgan fingerprint density at radius 1 is 0.935 bits per heavy atom. The minimum Gasteiger partial charge on any atom is -0.336 e. The number of aromatic nitrogens is 2. The lowest BCUT2D eigenvalue weighted by molar-refractivity contribution is -0.140. The van der Waals surface area contributed by atoms with Gasteiger partial charge in [0.1, 0.15) is 17.3 Å². The number of piperazine rings is 1. The fraction of sp³-hybridized carbons (Fsp3) is 0.286. The van der Waals surface area contributed by atoms with Gasteiger partial charge in [-0.3, -0.25) is 4.79 Å². The summed E-state index contributed by atoms with van der Waals surface area (Å²) in [6.45, 7) is 2.47. The molecule has 0 saturated carbocycles. The number of nitrogens with zero attached hydrogens (tertiary/aromatic N) is 4. The van der Waals surface area contributed by atoms with Crippen LogP contribution in [0.15, 0.2) is 36.4 Å². The number of alkyl halides is 3. The molecule has 162 valence electrons. The molecular formula is C21H17F5N4O. The highest BCUT2D eigenvalue weighted by Crippen LogP contribution is 2.37. The molecule has 10 heteroatoms. The molecule has 0 aliphatic carbocycles. The highest BCUT2D eigenvalue weighted by Gasteiger charge is 2.38. The molecule has 1 aliphatic rings. The SMILES string of the molecule is CN1CCN(C(=O)c2ccc3nc(C(F)(F)F)c(-c4ccc(F)cc4F)nc3c2)CC1. The van der Waals surface area contributed by atoms with Gasteiger partial charge in [-0.15, -0.1) is 0 Å². The van der Waals surface area contributed by atoms with Crippen molar-refractivity contribution in [3.63, 3.8) is 0 Å². The lowest BCUT2D eigenvalue weighted by atomic mass is 10.1. The zero-order valence-corrected chi connectivity index (χ0v) is 16.4. The predicted molar refractivity (Wildman–Crippen MR) is 103 cm³/mol. The van der Waals surface area contributed by atoms with Gasteiger partial charge in [-0.25, -0.2) is 18.7 Å². The molecule has 1 fully saturated rings. The Hall–Kier alpha value is -3.14. The maximum atomic E-state index is 14.2. The average Bonchev–Trinajstić information content (AvgIpc) is 2.72. The first kappa shape index (κ1) is 21.1. The van der Waals surface area contributed by atoms with E-state index in [-0.39, 0.29) is 22.5 Å². The van der Waals surface area contributed by atoms with Gasteiger partial charge in [0.25, 0.3) is 5.91 Å². The van der Waals surface area contributed by atoms with Gasteiger partial charge in [0.2, 0.25) is 0 Å². The highest BCUT2D eigenvalue weighted by atomic mass is 19.4. The van der Waals surface area contributed by atoms with Crippen molar-refractivity contribution in [1.29, 1.82) is 0 Å². The van der Waals surface area contributed by atoms with Crippen LogP contribution in [0.1, 0.15) is 16.1 Å². The quantitative estimate of drug-likeness (QED) is 0.571. The average molecular weight is 436 g/mol. The van der Waals surface area contributed by atoms with Crippen molar-refractivity contribution in [1.82, 2.24) is 19.8 Å². The minimum absolute atomic E-state index is 0.00621. The van der Waals surface area contributed by atoms with Gasteiger partial charge < -0.3 is 9.80 Å². The molecule has 0 N–H and O–H groups in total. The first-order valence-corrected chi connectivity index (χ1v) is 9.46. The van der Waals surface area contributed by atoms with Crippen molar-refractivity contribution in [2.45, 2.75) is 6.18 Å². The molecule has 1 aliphatic heterocycles. The predicted octanol–water partition coefficient (Wildman–Crippen LogP) is 3.98. The Labute approximate surface area is 174 Å². The molecule has 1 amide bonds. The van der Waals surface area contributed by atoms with Gasteiger partial charge in [0, 0.05) is 43.4 Å². The van der Waals surface area contributed by atoms with Crippen molar-refractivity contribution < 1.29 is 26.7 Å². The monoisotopic (exact) mass is 436 g/mol. The van der Waals surface area contributed by atoms with E-state index >= 15 is 0 Å². The van der Waals surface area contributed by atoms with Crippen LogP contribution in [-0.2, 0) is 6.18 Å². The third-order valence-electron chi connectivity index (χ3n) is 5.16. The van der Waals surface area contributed by atoms with Crippen LogP contribution in [0.4, 0.5) is 22.0 Å². The lowest BCUT2D eigenvalue weighted by Crippen LogP contribution is -2.47. The molecule has 2 heterocycles. The van der Waals surface area contributed by atoms with Crippen LogP contribution in [0.5, 0.6) is 0 Å². The summed E-state index contributed by atoms with van der Waals surface area (Å²) in [7, 11) is 1.95. The van der Waals surface area contributed by atoms with E-state index < -0.39 is 34.8 Å². The molecule has 1 aromatic heterocycles. The summed E-state index contributed by atoms with van der Waals surface area (Å²) in [4.78, 5) is 24.1. The lowest BCUT2D eigenvalue weighted by Gasteiger charge is -2.32. The maximum Gasteiger partial charge on any atom is 0.435 e. The van der Waals surface area contributed by atoms with Gasteiger partial charge in [-0.2, -0.15) is 13.2 Å². The van der Waals surface area contributed by atoms with Crippen LogP contribution in [0.2, 0.25) is 0 Å². The number of hydrogen-bond acceptors (Lipinski definition) is 4. The number of carbonyl (C=O) groups is 1. The van der Waals surface area contributed by atoms with E-state index in [1.165, 1.54) is 18.2 Å². The molecule has 4 rings (SSSR count). The number of rotatable bonds is 2. The van der Waals surface area contributed by atoms with Crippen LogP contribution in [0, 0.1) is 11.6 Å². The Morgan fingerprint density at radius 3 is 2.29 bits per heavy atom. The minimum atomic E-state index is -4.91. The van der Waals surface area contributed by atoms with Crippen molar-refractivity contribution >= 4 is 16.9 Å². The second-order valence-corrected chi connectivity index (χ2v) is 7.34. The largest absolute Gasteiger partial charge is 0.435 e. The van der Waals surface area contributed by atoms with E-state index in [1.807, 2.05) is 7.05 Å². The normalized spacial score (nSPS) is 15.5. The maximum absolute atomic E-state index is 14.2. The van der Waals surface area contributed by atoms with Crippen molar-refractivity contribution in [2.24, 2.45) is 0 Å². The van der Waals surface area contributed by atoms with Crippen LogP contribution in [0.25, 0.3) is 22.3 Å². The number of halogens is 5.